The topological polar surface area (TPSA) is 8.81 Å². The fourth-order valence-electron chi connectivity index (χ4n) is 1.90. The minimum atomic E-state index is 1.07. The second kappa shape index (κ2) is 4.30. The van der Waals surface area contributed by atoms with Crippen molar-refractivity contribution in [3.8, 4) is 11.4 Å². The molecule has 1 aromatic heterocycles. The van der Waals surface area contributed by atoms with E-state index in [9.17, 15) is 0 Å². The fraction of sp³-hybridized carbons (Fsp3) is 0.308. The molecule has 0 unspecified atom stereocenters. The highest BCUT2D eigenvalue weighted by Gasteiger charge is 2.15. The first-order chi connectivity index (χ1) is 7.33. The van der Waals surface area contributed by atoms with Crippen molar-refractivity contribution in [3.63, 3.8) is 0 Å². The summed E-state index contributed by atoms with van der Waals surface area (Å²) < 4.78 is 4.47. The summed E-state index contributed by atoms with van der Waals surface area (Å²) in [5.74, 6) is 1.28. The molecule has 0 aliphatic heterocycles. The maximum atomic E-state index is 2.30. The van der Waals surface area contributed by atoms with E-state index in [1.807, 2.05) is 0 Å². The second-order valence-corrected chi connectivity index (χ2v) is 3.79. The van der Waals surface area contributed by atoms with E-state index in [0.717, 1.165) is 13.0 Å². The summed E-state index contributed by atoms with van der Waals surface area (Å²) in [4.78, 5) is 0. The van der Waals surface area contributed by atoms with Crippen LogP contribution in [0.25, 0.3) is 11.4 Å². The molecule has 2 nitrogen and oxygen atoms in total. The van der Waals surface area contributed by atoms with Crippen molar-refractivity contribution >= 4 is 0 Å². The zero-order valence-corrected chi connectivity index (χ0v) is 9.35. The molecule has 0 amide bonds. The van der Waals surface area contributed by atoms with E-state index in [-0.39, 0.29) is 0 Å². The summed E-state index contributed by atoms with van der Waals surface area (Å²) in [5.41, 5.74) is 1.28. The summed E-state index contributed by atoms with van der Waals surface area (Å²) >= 11 is 0. The lowest BCUT2D eigenvalue weighted by atomic mass is 10.2. The van der Waals surface area contributed by atoms with Crippen molar-refractivity contribution in [2.24, 2.45) is 7.05 Å². The van der Waals surface area contributed by atoms with Gasteiger partial charge < -0.3 is 0 Å². The third-order valence-electron chi connectivity index (χ3n) is 2.57. The van der Waals surface area contributed by atoms with Gasteiger partial charge in [-0.05, 0) is 18.6 Å². The third-order valence-corrected chi connectivity index (χ3v) is 2.57. The molecule has 15 heavy (non-hydrogen) atoms. The van der Waals surface area contributed by atoms with Crippen LogP contribution in [0.4, 0.5) is 0 Å². The highest BCUT2D eigenvalue weighted by molar-refractivity contribution is 5.52. The molecule has 0 bridgehead atoms. The Morgan fingerprint density at radius 1 is 1.20 bits per heavy atom. The normalized spacial score (nSPS) is 10.5. The van der Waals surface area contributed by atoms with E-state index in [4.69, 9.17) is 0 Å². The smallest absolute Gasteiger partial charge is 0.233 e. The lowest BCUT2D eigenvalue weighted by molar-refractivity contribution is -0.659. The summed E-state index contributed by atoms with van der Waals surface area (Å²) in [6.45, 7) is 3.28. The molecule has 2 heteroatoms. The maximum absolute atomic E-state index is 2.30. The van der Waals surface area contributed by atoms with Crippen molar-refractivity contribution in [3.05, 3.63) is 42.7 Å². The van der Waals surface area contributed by atoms with Gasteiger partial charge in [-0.2, -0.15) is 0 Å². The molecule has 1 aromatic carbocycles. The number of aryl methyl sites for hydroxylation is 2. The zero-order valence-electron chi connectivity index (χ0n) is 9.35. The van der Waals surface area contributed by atoms with Gasteiger partial charge in [0.1, 0.15) is 12.4 Å². The van der Waals surface area contributed by atoms with Gasteiger partial charge in [0.2, 0.25) is 0 Å². The standard InChI is InChI=1S/C13H17N2/c1-3-9-15-11-10-14(2)13(15)12-7-5-4-6-8-12/h4-8,10-11H,3,9H2,1-2H3/q+1. The van der Waals surface area contributed by atoms with Gasteiger partial charge >= 0.3 is 0 Å². The van der Waals surface area contributed by atoms with E-state index in [1.165, 1.54) is 11.4 Å². The monoisotopic (exact) mass is 201 g/mol. The predicted octanol–water partition coefficient (Wildman–Crippen LogP) is 2.39. The minimum absolute atomic E-state index is 1.07. The molecule has 2 rings (SSSR count). The van der Waals surface area contributed by atoms with Crippen molar-refractivity contribution in [1.82, 2.24) is 4.57 Å². The Labute approximate surface area is 90.8 Å². The number of aromatic nitrogens is 2. The Bertz CT molecular complexity index is 429. The predicted molar refractivity (Wildman–Crippen MR) is 61.3 cm³/mol. The quantitative estimate of drug-likeness (QED) is 0.674. The molecule has 0 spiro atoms. The first kappa shape index (κ1) is 9.97. The molecule has 0 radical (unpaired) electrons. The van der Waals surface area contributed by atoms with Crippen LogP contribution in [-0.4, -0.2) is 4.57 Å². The number of imidazole rings is 1. The van der Waals surface area contributed by atoms with Crippen molar-refractivity contribution in [2.45, 2.75) is 19.9 Å². The van der Waals surface area contributed by atoms with Crippen LogP contribution in [-0.2, 0) is 13.6 Å². The number of benzene rings is 1. The van der Waals surface area contributed by atoms with Gasteiger partial charge in [0.15, 0.2) is 0 Å². The first-order valence-corrected chi connectivity index (χ1v) is 5.43. The van der Waals surface area contributed by atoms with Crippen LogP contribution in [0.2, 0.25) is 0 Å². The summed E-state index contributed by atoms with van der Waals surface area (Å²) in [6.07, 6.45) is 5.42. The van der Waals surface area contributed by atoms with Gasteiger partial charge in [-0.1, -0.05) is 25.1 Å². The van der Waals surface area contributed by atoms with Crippen LogP contribution >= 0.6 is 0 Å². The van der Waals surface area contributed by atoms with Gasteiger partial charge in [-0.3, -0.25) is 0 Å². The molecule has 0 fully saturated rings. The number of hydrogen-bond acceptors (Lipinski definition) is 0. The molecule has 0 aliphatic carbocycles. The van der Waals surface area contributed by atoms with Crippen LogP contribution in [0, 0.1) is 0 Å². The van der Waals surface area contributed by atoms with Gasteiger partial charge in [0.05, 0.1) is 19.2 Å². The molecule has 2 aromatic rings. The van der Waals surface area contributed by atoms with Gasteiger partial charge in [0, 0.05) is 0 Å². The average molecular weight is 201 g/mol. The molecule has 0 saturated carbocycles. The summed E-state index contributed by atoms with van der Waals surface area (Å²) in [5, 5.41) is 0. The molecule has 0 saturated heterocycles. The summed E-state index contributed by atoms with van der Waals surface area (Å²) in [7, 11) is 2.09. The van der Waals surface area contributed by atoms with Gasteiger partial charge in [0.25, 0.3) is 5.82 Å². The zero-order chi connectivity index (χ0) is 10.7. The maximum Gasteiger partial charge on any atom is 0.288 e. The van der Waals surface area contributed by atoms with E-state index in [1.54, 1.807) is 0 Å². The Morgan fingerprint density at radius 3 is 2.60 bits per heavy atom. The van der Waals surface area contributed by atoms with E-state index in [0.29, 0.717) is 0 Å². The van der Waals surface area contributed by atoms with Crippen molar-refractivity contribution < 1.29 is 4.57 Å². The second-order valence-electron chi connectivity index (χ2n) is 3.79. The Hall–Kier alpha value is -1.57. The van der Waals surface area contributed by atoms with Crippen LogP contribution in [0.5, 0.6) is 0 Å². The minimum Gasteiger partial charge on any atom is -0.233 e. The highest BCUT2D eigenvalue weighted by Crippen LogP contribution is 2.15. The molecule has 78 valence electrons. The Balaban J connectivity index is 2.47. The number of rotatable bonds is 3. The Kier molecular flexibility index (Phi) is 2.86. The number of nitrogens with zero attached hydrogens (tertiary/aromatic N) is 2. The SMILES string of the molecule is CCCn1cc[n+](C)c1-c1ccccc1. The van der Waals surface area contributed by atoms with Crippen LogP contribution in [0.15, 0.2) is 42.7 Å². The number of hydrogen-bond donors (Lipinski definition) is 0. The van der Waals surface area contributed by atoms with E-state index >= 15 is 0 Å². The first-order valence-electron chi connectivity index (χ1n) is 5.43. The molecular formula is C13H17N2+. The molecular weight excluding hydrogens is 184 g/mol. The van der Waals surface area contributed by atoms with Gasteiger partial charge in [-0.25, -0.2) is 9.13 Å². The van der Waals surface area contributed by atoms with Crippen molar-refractivity contribution in [1.29, 1.82) is 0 Å². The molecule has 0 aliphatic rings. The lowest BCUT2D eigenvalue weighted by Gasteiger charge is -2.01. The van der Waals surface area contributed by atoms with Crippen LogP contribution < -0.4 is 4.57 Å². The Morgan fingerprint density at radius 2 is 1.93 bits per heavy atom. The molecule has 1 heterocycles. The largest absolute Gasteiger partial charge is 0.288 e. The van der Waals surface area contributed by atoms with E-state index < -0.39 is 0 Å². The summed E-state index contributed by atoms with van der Waals surface area (Å²) in [6, 6.07) is 10.5. The lowest BCUT2D eigenvalue weighted by Crippen LogP contribution is -2.29. The van der Waals surface area contributed by atoms with Crippen LogP contribution in [0.3, 0.4) is 0 Å². The van der Waals surface area contributed by atoms with E-state index in [2.05, 4.69) is 65.8 Å². The van der Waals surface area contributed by atoms with Crippen molar-refractivity contribution in [2.75, 3.05) is 0 Å². The fourth-order valence-corrected chi connectivity index (χ4v) is 1.90. The highest BCUT2D eigenvalue weighted by atomic mass is 15.1. The molecule has 0 atom stereocenters. The molecule has 0 N–H and O–H groups in total. The van der Waals surface area contributed by atoms with Gasteiger partial charge in [-0.15, -0.1) is 0 Å². The van der Waals surface area contributed by atoms with Crippen LogP contribution in [0.1, 0.15) is 13.3 Å². The average Bonchev–Trinajstić information content (AvgIpc) is 2.62. The third kappa shape index (κ3) is 1.94.